The Labute approximate surface area is 159 Å². The second-order valence-corrected chi connectivity index (χ2v) is 8.36. The van der Waals surface area contributed by atoms with Crippen molar-refractivity contribution in [1.82, 2.24) is 25.1 Å². The molecule has 2 aromatic heterocycles. The summed E-state index contributed by atoms with van der Waals surface area (Å²) >= 11 is 0. The highest BCUT2D eigenvalue weighted by atomic mass is 16.1. The molecule has 1 amide bonds. The molecule has 0 spiro atoms. The van der Waals surface area contributed by atoms with Crippen molar-refractivity contribution in [2.45, 2.75) is 58.9 Å². The highest BCUT2D eigenvalue weighted by molar-refractivity contribution is 5.76. The lowest BCUT2D eigenvalue weighted by molar-refractivity contribution is -0.121. The first kappa shape index (κ1) is 19.4. The molecule has 0 bridgehead atoms. The van der Waals surface area contributed by atoms with Gasteiger partial charge in [0.25, 0.3) is 5.56 Å². The van der Waals surface area contributed by atoms with Crippen molar-refractivity contribution in [3.05, 3.63) is 16.6 Å². The first-order chi connectivity index (χ1) is 12.8. The Morgan fingerprint density at radius 3 is 2.89 bits per heavy atom. The number of piperidine rings is 1. The fourth-order valence-corrected chi connectivity index (χ4v) is 3.55. The van der Waals surface area contributed by atoms with Crippen LogP contribution in [0.1, 0.15) is 53.4 Å². The molecule has 1 unspecified atom stereocenters. The van der Waals surface area contributed by atoms with Gasteiger partial charge in [0.1, 0.15) is 5.39 Å². The van der Waals surface area contributed by atoms with Crippen LogP contribution in [0, 0.1) is 5.92 Å². The Hall–Kier alpha value is -2.38. The Balaban J connectivity index is 1.80. The van der Waals surface area contributed by atoms with Gasteiger partial charge >= 0.3 is 0 Å². The van der Waals surface area contributed by atoms with E-state index in [-0.39, 0.29) is 17.0 Å². The SMILES string of the molecule is CCCC(=O)NCC1CCCN(c2nc3c(cnn3C(C)(C)C)c(=O)[nH]2)C1. The van der Waals surface area contributed by atoms with E-state index in [9.17, 15) is 9.59 Å². The maximum Gasteiger partial charge on any atom is 0.263 e. The summed E-state index contributed by atoms with van der Waals surface area (Å²) in [6.45, 7) is 10.4. The first-order valence-electron chi connectivity index (χ1n) is 9.79. The lowest BCUT2D eigenvalue weighted by Gasteiger charge is -2.33. The van der Waals surface area contributed by atoms with Crippen molar-refractivity contribution in [2.75, 3.05) is 24.5 Å². The highest BCUT2D eigenvalue weighted by Gasteiger charge is 2.25. The van der Waals surface area contributed by atoms with Crippen LogP contribution < -0.4 is 15.8 Å². The number of fused-ring (bicyclic) bond motifs is 1. The van der Waals surface area contributed by atoms with E-state index < -0.39 is 0 Å². The fourth-order valence-electron chi connectivity index (χ4n) is 3.55. The molecule has 2 aromatic rings. The van der Waals surface area contributed by atoms with Crippen molar-refractivity contribution in [3.63, 3.8) is 0 Å². The van der Waals surface area contributed by atoms with Gasteiger partial charge in [-0.05, 0) is 46.0 Å². The molecule has 0 aliphatic carbocycles. The number of amides is 1. The van der Waals surface area contributed by atoms with E-state index in [4.69, 9.17) is 4.98 Å². The molecule has 3 heterocycles. The van der Waals surface area contributed by atoms with Crippen LogP contribution in [0.15, 0.2) is 11.0 Å². The Morgan fingerprint density at radius 2 is 2.19 bits per heavy atom. The molecule has 0 saturated carbocycles. The molecule has 1 fully saturated rings. The van der Waals surface area contributed by atoms with E-state index in [1.165, 1.54) is 0 Å². The lowest BCUT2D eigenvalue weighted by atomic mass is 9.98. The van der Waals surface area contributed by atoms with E-state index in [0.29, 0.717) is 35.9 Å². The Kier molecular flexibility index (Phi) is 5.53. The number of rotatable bonds is 5. The smallest absolute Gasteiger partial charge is 0.263 e. The molecule has 27 heavy (non-hydrogen) atoms. The van der Waals surface area contributed by atoms with Crippen LogP contribution in [0.25, 0.3) is 11.0 Å². The largest absolute Gasteiger partial charge is 0.356 e. The molecule has 3 rings (SSSR count). The van der Waals surface area contributed by atoms with Gasteiger partial charge in [0.15, 0.2) is 5.65 Å². The maximum atomic E-state index is 12.5. The zero-order valence-corrected chi connectivity index (χ0v) is 16.7. The molecule has 2 N–H and O–H groups in total. The fraction of sp³-hybridized carbons (Fsp3) is 0.684. The summed E-state index contributed by atoms with van der Waals surface area (Å²) in [5.41, 5.74) is 0.192. The predicted molar refractivity (Wildman–Crippen MR) is 106 cm³/mol. The second kappa shape index (κ2) is 7.70. The third-order valence-corrected chi connectivity index (χ3v) is 4.94. The summed E-state index contributed by atoms with van der Waals surface area (Å²) in [7, 11) is 0. The second-order valence-electron chi connectivity index (χ2n) is 8.36. The van der Waals surface area contributed by atoms with Gasteiger partial charge in [-0.1, -0.05) is 6.92 Å². The minimum Gasteiger partial charge on any atom is -0.356 e. The third kappa shape index (κ3) is 4.31. The normalized spacial score (nSPS) is 18.1. The molecule has 0 radical (unpaired) electrons. The molecular weight excluding hydrogens is 344 g/mol. The summed E-state index contributed by atoms with van der Waals surface area (Å²) in [6.07, 6.45) is 5.08. The molecule has 148 valence electrons. The van der Waals surface area contributed by atoms with E-state index in [2.05, 4.69) is 20.3 Å². The number of aromatic nitrogens is 4. The summed E-state index contributed by atoms with van der Waals surface area (Å²) in [5, 5.41) is 7.89. The molecule has 8 nitrogen and oxygen atoms in total. The summed E-state index contributed by atoms with van der Waals surface area (Å²) in [4.78, 5) is 34.0. The van der Waals surface area contributed by atoms with Crippen molar-refractivity contribution >= 4 is 22.9 Å². The van der Waals surface area contributed by atoms with Crippen LogP contribution >= 0.6 is 0 Å². The molecule has 8 heteroatoms. The van der Waals surface area contributed by atoms with E-state index in [0.717, 1.165) is 32.4 Å². The number of H-pyrrole nitrogens is 1. The van der Waals surface area contributed by atoms with Gasteiger partial charge in [-0.15, -0.1) is 0 Å². The standard InChI is InChI=1S/C19H30N6O2/c1-5-7-15(26)20-10-13-8-6-9-24(12-13)18-22-16-14(17(27)23-18)11-21-25(16)19(2,3)4/h11,13H,5-10,12H2,1-4H3,(H,20,26)(H,22,23,27). The monoisotopic (exact) mass is 374 g/mol. The topological polar surface area (TPSA) is 95.9 Å². The maximum absolute atomic E-state index is 12.5. The van der Waals surface area contributed by atoms with Crippen LogP contribution in [-0.2, 0) is 10.3 Å². The minimum absolute atomic E-state index is 0.108. The van der Waals surface area contributed by atoms with E-state index in [1.807, 2.05) is 27.7 Å². The number of hydrogen-bond donors (Lipinski definition) is 2. The van der Waals surface area contributed by atoms with E-state index in [1.54, 1.807) is 10.9 Å². The van der Waals surface area contributed by atoms with Gasteiger partial charge in [0, 0.05) is 26.1 Å². The van der Waals surface area contributed by atoms with Crippen LogP contribution in [0.5, 0.6) is 0 Å². The predicted octanol–water partition coefficient (Wildman–Crippen LogP) is 2.01. The number of anilines is 1. The molecule has 1 saturated heterocycles. The minimum atomic E-state index is -0.256. The zero-order chi connectivity index (χ0) is 19.6. The van der Waals surface area contributed by atoms with Crippen LogP contribution in [0.3, 0.4) is 0 Å². The number of carbonyl (C=O) groups is 1. The van der Waals surface area contributed by atoms with Crippen LogP contribution in [0.4, 0.5) is 5.95 Å². The summed E-state index contributed by atoms with van der Waals surface area (Å²) in [5.74, 6) is 1.05. The van der Waals surface area contributed by atoms with Gasteiger partial charge in [-0.25, -0.2) is 4.68 Å². The van der Waals surface area contributed by atoms with Crippen molar-refractivity contribution in [1.29, 1.82) is 0 Å². The quantitative estimate of drug-likeness (QED) is 0.835. The van der Waals surface area contributed by atoms with Gasteiger partial charge < -0.3 is 10.2 Å². The van der Waals surface area contributed by atoms with Gasteiger partial charge in [-0.3, -0.25) is 14.6 Å². The zero-order valence-electron chi connectivity index (χ0n) is 16.7. The molecule has 0 aromatic carbocycles. The number of aromatic amines is 1. The van der Waals surface area contributed by atoms with Crippen LogP contribution in [0.2, 0.25) is 0 Å². The van der Waals surface area contributed by atoms with Crippen molar-refractivity contribution in [3.8, 4) is 0 Å². The Bertz CT molecular complexity index is 863. The number of nitrogens with zero attached hydrogens (tertiary/aromatic N) is 4. The van der Waals surface area contributed by atoms with Crippen molar-refractivity contribution < 1.29 is 4.79 Å². The first-order valence-corrected chi connectivity index (χ1v) is 9.79. The highest BCUT2D eigenvalue weighted by Crippen LogP contribution is 2.23. The third-order valence-electron chi connectivity index (χ3n) is 4.94. The molecule has 1 aliphatic heterocycles. The summed E-state index contributed by atoms with van der Waals surface area (Å²) < 4.78 is 1.80. The molecule has 1 aliphatic rings. The molecular formula is C19H30N6O2. The Morgan fingerprint density at radius 1 is 1.41 bits per heavy atom. The average Bonchev–Trinajstić information content (AvgIpc) is 3.05. The summed E-state index contributed by atoms with van der Waals surface area (Å²) in [6, 6.07) is 0. The lowest BCUT2D eigenvalue weighted by Crippen LogP contribution is -2.42. The average molecular weight is 374 g/mol. The number of carbonyl (C=O) groups excluding carboxylic acids is 1. The van der Waals surface area contributed by atoms with Gasteiger partial charge in [0.2, 0.25) is 11.9 Å². The number of nitrogens with one attached hydrogen (secondary N) is 2. The van der Waals surface area contributed by atoms with Crippen molar-refractivity contribution in [2.24, 2.45) is 5.92 Å². The molecule has 1 atom stereocenters. The number of hydrogen-bond acceptors (Lipinski definition) is 5. The van der Waals surface area contributed by atoms with Gasteiger partial charge in [-0.2, -0.15) is 10.1 Å². The van der Waals surface area contributed by atoms with Crippen LogP contribution in [-0.4, -0.2) is 45.3 Å². The van der Waals surface area contributed by atoms with E-state index >= 15 is 0 Å². The van der Waals surface area contributed by atoms with Gasteiger partial charge in [0.05, 0.1) is 11.7 Å².